The molecule has 0 saturated heterocycles. The molecule has 1 heterocycles. The highest BCUT2D eigenvalue weighted by atomic mass is 79.9. The maximum Gasteiger partial charge on any atom is 0.379 e. The number of carbonyl (C=O) groups is 1. The fraction of sp³-hybridized carbons (Fsp3) is 0.250. The summed E-state index contributed by atoms with van der Waals surface area (Å²) >= 11 is 3.41. The number of halogens is 1. The number of rotatable bonds is 3. The highest BCUT2D eigenvalue weighted by Crippen LogP contribution is 2.23. The molecular formula is C12H11BrN2O3. The first kappa shape index (κ1) is 12.8. The zero-order valence-electron chi connectivity index (χ0n) is 9.94. The van der Waals surface area contributed by atoms with Crippen LogP contribution in [-0.2, 0) is 4.74 Å². The van der Waals surface area contributed by atoms with Gasteiger partial charge in [0.15, 0.2) is 0 Å². The van der Waals surface area contributed by atoms with Crippen molar-refractivity contribution in [2.75, 3.05) is 6.61 Å². The summed E-state index contributed by atoms with van der Waals surface area (Å²) in [4.78, 5) is 15.4. The molecule has 0 bridgehead atoms. The Morgan fingerprint density at radius 2 is 2.28 bits per heavy atom. The van der Waals surface area contributed by atoms with E-state index < -0.39 is 5.97 Å². The summed E-state index contributed by atoms with van der Waals surface area (Å²) in [7, 11) is 0. The highest BCUT2D eigenvalue weighted by molar-refractivity contribution is 9.10. The summed E-state index contributed by atoms with van der Waals surface area (Å²) in [5.74, 6) is -0.345. The molecule has 2 aromatic rings. The minimum absolute atomic E-state index is 0.0626. The average molecular weight is 311 g/mol. The number of nitrogens with zero attached hydrogens (tertiary/aromatic N) is 2. The van der Waals surface area contributed by atoms with Crippen LogP contribution >= 0.6 is 15.9 Å². The lowest BCUT2D eigenvalue weighted by atomic mass is 10.1. The van der Waals surface area contributed by atoms with Crippen LogP contribution in [0.3, 0.4) is 0 Å². The predicted octanol–water partition coefficient (Wildman–Crippen LogP) is 2.98. The molecule has 0 radical (unpaired) electrons. The SMILES string of the molecule is CCOC(=O)c1noc(-c2ccc(Br)c(C)c2)n1. The molecule has 0 aliphatic carbocycles. The molecule has 1 aromatic heterocycles. The van der Waals surface area contributed by atoms with E-state index in [1.165, 1.54) is 0 Å². The van der Waals surface area contributed by atoms with E-state index in [1.807, 2.05) is 25.1 Å². The fourth-order valence-corrected chi connectivity index (χ4v) is 1.64. The van der Waals surface area contributed by atoms with Crippen molar-refractivity contribution in [1.29, 1.82) is 0 Å². The van der Waals surface area contributed by atoms with Crippen LogP contribution in [0, 0.1) is 6.92 Å². The first-order valence-corrected chi connectivity index (χ1v) is 6.18. The van der Waals surface area contributed by atoms with Gasteiger partial charge in [-0.1, -0.05) is 15.9 Å². The number of aromatic nitrogens is 2. The Morgan fingerprint density at radius 1 is 1.50 bits per heavy atom. The third-order valence-electron chi connectivity index (χ3n) is 2.29. The van der Waals surface area contributed by atoms with Crippen LogP contribution in [0.2, 0.25) is 0 Å². The summed E-state index contributed by atoms with van der Waals surface area (Å²) in [6.45, 7) is 3.95. The van der Waals surface area contributed by atoms with Gasteiger partial charge >= 0.3 is 5.97 Å². The van der Waals surface area contributed by atoms with Crippen molar-refractivity contribution in [3.8, 4) is 11.5 Å². The van der Waals surface area contributed by atoms with E-state index in [4.69, 9.17) is 9.26 Å². The van der Waals surface area contributed by atoms with Gasteiger partial charge in [-0.15, -0.1) is 0 Å². The second kappa shape index (κ2) is 5.30. The van der Waals surface area contributed by atoms with Crippen LogP contribution in [0.15, 0.2) is 27.2 Å². The lowest BCUT2D eigenvalue weighted by Gasteiger charge is -1.99. The summed E-state index contributed by atoms with van der Waals surface area (Å²) in [5.41, 5.74) is 1.81. The van der Waals surface area contributed by atoms with E-state index in [0.29, 0.717) is 5.89 Å². The van der Waals surface area contributed by atoms with Crippen molar-refractivity contribution in [3.05, 3.63) is 34.1 Å². The van der Waals surface area contributed by atoms with Crippen LogP contribution in [0.4, 0.5) is 0 Å². The van der Waals surface area contributed by atoms with Crippen LogP contribution in [0.5, 0.6) is 0 Å². The molecular weight excluding hydrogens is 300 g/mol. The lowest BCUT2D eigenvalue weighted by Crippen LogP contribution is -2.06. The van der Waals surface area contributed by atoms with Crippen molar-refractivity contribution in [3.63, 3.8) is 0 Å². The average Bonchev–Trinajstić information content (AvgIpc) is 2.82. The molecule has 6 heteroatoms. The third-order valence-corrected chi connectivity index (χ3v) is 3.18. The molecule has 0 N–H and O–H groups in total. The Hall–Kier alpha value is -1.69. The number of carbonyl (C=O) groups excluding carboxylic acids is 1. The van der Waals surface area contributed by atoms with Crippen LogP contribution < -0.4 is 0 Å². The Bertz CT molecular complexity index is 580. The van der Waals surface area contributed by atoms with Gasteiger partial charge in [0.2, 0.25) is 0 Å². The van der Waals surface area contributed by atoms with Crippen molar-refractivity contribution in [2.24, 2.45) is 0 Å². The smallest absolute Gasteiger partial charge is 0.379 e. The molecule has 0 fully saturated rings. The number of aryl methyl sites for hydroxylation is 1. The van der Waals surface area contributed by atoms with Crippen LogP contribution in [0.1, 0.15) is 23.1 Å². The summed E-state index contributed by atoms with van der Waals surface area (Å²) in [5, 5.41) is 3.59. The lowest BCUT2D eigenvalue weighted by molar-refractivity contribution is 0.0508. The van der Waals surface area contributed by atoms with E-state index >= 15 is 0 Å². The largest absolute Gasteiger partial charge is 0.460 e. The molecule has 0 aliphatic heterocycles. The van der Waals surface area contributed by atoms with Gasteiger partial charge in [-0.2, -0.15) is 4.98 Å². The number of benzene rings is 1. The second-order valence-electron chi connectivity index (χ2n) is 3.61. The highest BCUT2D eigenvalue weighted by Gasteiger charge is 2.16. The summed E-state index contributed by atoms with van der Waals surface area (Å²) < 4.78 is 10.8. The molecule has 1 aromatic carbocycles. The second-order valence-corrected chi connectivity index (χ2v) is 4.46. The normalized spacial score (nSPS) is 10.4. The molecule has 18 heavy (non-hydrogen) atoms. The number of hydrogen-bond donors (Lipinski definition) is 0. The quantitative estimate of drug-likeness (QED) is 0.815. The van der Waals surface area contributed by atoms with Gasteiger partial charge in [0.05, 0.1) is 6.61 Å². The minimum atomic E-state index is -0.582. The standard InChI is InChI=1S/C12H11BrN2O3/c1-3-17-12(16)10-14-11(18-15-10)8-4-5-9(13)7(2)6-8/h4-6H,3H2,1-2H3. The van der Waals surface area contributed by atoms with Crippen LogP contribution in [-0.4, -0.2) is 22.7 Å². The van der Waals surface area contributed by atoms with Gasteiger partial charge < -0.3 is 9.26 Å². The zero-order valence-corrected chi connectivity index (χ0v) is 11.5. The molecule has 0 saturated carbocycles. The maximum atomic E-state index is 11.4. The van der Waals surface area contributed by atoms with Crippen molar-refractivity contribution >= 4 is 21.9 Å². The Balaban J connectivity index is 2.29. The topological polar surface area (TPSA) is 65.2 Å². The molecule has 0 unspecified atom stereocenters. The third kappa shape index (κ3) is 2.59. The zero-order chi connectivity index (χ0) is 13.1. The Morgan fingerprint density at radius 3 is 2.94 bits per heavy atom. The van der Waals surface area contributed by atoms with Gasteiger partial charge in [0.25, 0.3) is 11.7 Å². The number of hydrogen-bond acceptors (Lipinski definition) is 5. The van der Waals surface area contributed by atoms with E-state index in [-0.39, 0.29) is 12.4 Å². The predicted molar refractivity (Wildman–Crippen MR) is 68.1 cm³/mol. The fourth-order valence-electron chi connectivity index (χ4n) is 1.40. The van der Waals surface area contributed by atoms with E-state index in [0.717, 1.165) is 15.6 Å². The van der Waals surface area contributed by atoms with Gasteiger partial charge in [-0.05, 0) is 42.8 Å². The molecule has 94 valence electrons. The van der Waals surface area contributed by atoms with Crippen molar-refractivity contribution in [1.82, 2.24) is 10.1 Å². The van der Waals surface area contributed by atoms with Crippen molar-refractivity contribution < 1.29 is 14.1 Å². The first-order chi connectivity index (χ1) is 8.61. The van der Waals surface area contributed by atoms with Gasteiger partial charge in [0, 0.05) is 10.0 Å². The number of ether oxygens (including phenoxy) is 1. The first-order valence-electron chi connectivity index (χ1n) is 5.39. The monoisotopic (exact) mass is 310 g/mol. The maximum absolute atomic E-state index is 11.4. The van der Waals surface area contributed by atoms with Crippen LogP contribution in [0.25, 0.3) is 11.5 Å². The van der Waals surface area contributed by atoms with Gasteiger partial charge in [-0.25, -0.2) is 4.79 Å². The van der Waals surface area contributed by atoms with Gasteiger partial charge in [-0.3, -0.25) is 0 Å². The molecule has 0 amide bonds. The number of esters is 1. The van der Waals surface area contributed by atoms with E-state index in [2.05, 4.69) is 26.1 Å². The molecule has 2 rings (SSSR count). The van der Waals surface area contributed by atoms with Crippen molar-refractivity contribution in [2.45, 2.75) is 13.8 Å². The van der Waals surface area contributed by atoms with E-state index in [1.54, 1.807) is 6.92 Å². The van der Waals surface area contributed by atoms with E-state index in [9.17, 15) is 4.79 Å². The molecule has 0 aliphatic rings. The van der Waals surface area contributed by atoms with Gasteiger partial charge in [0.1, 0.15) is 0 Å². The Labute approximate surface area is 112 Å². The minimum Gasteiger partial charge on any atom is -0.460 e. The Kier molecular flexibility index (Phi) is 3.76. The molecule has 0 atom stereocenters. The molecule has 5 nitrogen and oxygen atoms in total. The summed E-state index contributed by atoms with van der Waals surface area (Å²) in [6, 6.07) is 5.62. The molecule has 0 spiro atoms. The summed E-state index contributed by atoms with van der Waals surface area (Å²) in [6.07, 6.45) is 0.